The minimum Gasteiger partial charge on any atom is -0.316 e. The summed E-state index contributed by atoms with van der Waals surface area (Å²) in [6, 6.07) is 0. The third-order valence-corrected chi connectivity index (χ3v) is 5.65. The van der Waals surface area contributed by atoms with Crippen LogP contribution in [0.3, 0.4) is 0 Å². The second-order valence-electron chi connectivity index (χ2n) is 6.30. The maximum atomic E-state index is 3.59. The molecule has 0 aromatic carbocycles. The maximum Gasteiger partial charge on any atom is -0.000714 e. The molecule has 1 nitrogen and oxygen atoms in total. The highest BCUT2D eigenvalue weighted by Gasteiger charge is 2.56. The molecule has 1 aliphatic heterocycles. The summed E-state index contributed by atoms with van der Waals surface area (Å²) in [6.07, 6.45) is 4.21. The fraction of sp³-hybridized carbons (Fsp3) is 1.00. The average Bonchev–Trinajstić information content (AvgIpc) is 2.76. The van der Waals surface area contributed by atoms with Crippen LogP contribution >= 0.6 is 11.8 Å². The summed E-state index contributed by atoms with van der Waals surface area (Å²) >= 11 is 2.19. The van der Waals surface area contributed by atoms with Crippen LogP contribution in [0.15, 0.2) is 0 Å². The van der Waals surface area contributed by atoms with Gasteiger partial charge in [0.25, 0.3) is 0 Å². The van der Waals surface area contributed by atoms with Crippen molar-refractivity contribution in [2.75, 3.05) is 24.6 Å². The molecule has 2 heteroatoms. The van der Waals surface area contributed by atoms with Gasteiger partial charge in [-0.2, -0.15) is 11.8 Å². The van der Waals surface area contributed by atoms with E-state index in [1.807, 2.05) is 0 Å². The molecule has 2 atom stereocenters. The van der Waals surface area contributed by atoms with Gasteiger partial charge in [0.1, 0.15) is 0 Å². The van der Waals surface area contributed by atoms with Gasteiger partial charge in [-0.1, -0.05) is 20.8 Å². The van der Waals surface area contributed by atoms with E-state index in [9.17, 15) is 0 Å². The SMILES string of the molecule is CCCNCC1CC12CSCC(C)(C)C2. The maximum absolute atomic E-state index is 3.59. The zero-order valence-corrected chi connectivity index (χ0v) is 11.3. The van der Waals surface area contributed by atoms with Gasteiger partial charge in [-0.25, -0.2) is 0 Å². The molecular weight excluding hydrogens is 202 g/mol. The highest BCUT2D eigenvalue weighted by Crippen LogP contribution is 2.62. The smallest absolute Gasteiger partial charge is 0.000714 e. The summed E-state index contributed by atoms with van der Waals surface area (Å²) in [5, 5.41) is 3.59. The molecule has 1 saturated carbocycles. The molecule has 0 aromatic rings. The molecule has 15 heavy (non-hydrogen) atoms. The van der Waals surface area contributed by atoms with E-state index >= 15 is 0 Å². The quantitative estimate of drug-likeness (QED) is 0.741. The highest BCUT2D eigenvalue weighted by molar-refractivity contribution is 7.99. The average molecular weight is 227 g/mol. The minimum atomic E-state index is 0.586. The second kappa shape index (κ2) is 4.29. The molecule has 2 unspecified atom stereocenters. The van der Waals surface area contributed by atoms with E-state index in [0.717, 1.165) is 11.3 Å². The molecule has 0 amide bonds. The molecule has 2 aliphatic rings. The first-order chi connectivity index (χ1) is 7.08. The van der Waals surface area contributed by atoms with Crippen LogP contribution in [0, 0.1) is 16.7 Å². The van der Waals surface area contributed by atoms with Crippen LogP contribution in [0.25, 0.3) is 0 Å². The lowest BCUT2D eigenvalue weighted by Gasteiger charge is -2.36. The Kier molecular flexibility index (Phi) is 3.37. The third kappa shape index (κ3) is 2.71. The Balaban J connectivity index is 1.79. The normalized spacial score (nSPS) is 38.2. The van der Waals surface area contributed by atoms with E-state index in [1.54, 1.807) is 0 Å². The van der Waals surface area contributed by atoms with Crippen molar-refractivity contribution >= 4 is 11.8 Å². The number of nitrogens with one attached hydrogen (secondary N) is 1. The molecule has 1 saturated heterocycles. The number of rotatable bonds is 4. The molecule has 88 valence electrons. The first-order valence-electron chi connectivity index (χ1n) is 6.36. The summed E-state index contributed by atoms with van der Waals surface area (Å²) in [5.41, 5.74) is 1.32. The van der Waals surface area contributed by atoms with Gasteiger partial charge in [-0.3, -0.25) is 0 Å². The topological polar surface area (TPSA) is 12.0 Å². The lowest BCUT2D eigenvalue weighted by atomic mass is 9.81. The van der Waals surface area contributed by atoms with Gasteiger partial charge in [-0.05, 0) is 60.6 Å². The van der Waals surface area contributed by atoms with Crippen molar-refractivity contribution in [2.45, 2.75) is 40.0 Å². The first-order valence-corrected chi connectivity index (χ1v) is 7.52. The Morgan fingerprint density at radius 3 is 2.80 bits per heavy atom. The van der Waals surface area contributed by atoms with Gasteiger partial charge in [0.05, 0.1) is 0 Å². The number of hydrogen-bond acceptors (Lipinski definition) is 2. The van der Waals surface area contributed by atoms with Crippen LogP contribution in [0.2, 0.25) is 0 Å². The van der Waals surface area contributed by atoms with Crippen LogP contribution < -0.4 is 5.32 Å². The van der Waals surface area contributed by atoms with Gasteiger partial charge in [0.15, 0.2) is 0 Å². The van der Waals surface area contributed by atoms with Gasteiger partial charge in [0, 0.05) is 0 Å². The van der Waals surface area contributed by atoms with E-state index in [-0.39, 0.29) is 0 Å². The van der Waals surface area contributed by atoms with Gasteiger partial charge in [-0.15, -0.1) is 0 Å². The van der Waals surface area contributed by atoms with Crippen LogP contribution in [-0.4, -0.2) is 24.6 Å². The molecule has 0 aromatic heterocycles. The summed E-state index contributed by atoms with van der Waals surface area (Å²) in [6.45, 7) is 9.59. The van der Waals surface area contributed by atoms with E-state index < -0.39 is 0 Å². The molecule has 1 heterocycles. The Morgan fingerprint density at radius 1 is 1.33 bits per heavy atom. The van der Waals surface area contributed by atoms with Crippen LogP contribution in [0.1, 0.15) is 40.0 Å². The number of thioether (sulfide) groups is 1. The molecule has 0 bridgehead atoms. The molecule has 1 aliphatic carbocycles. The molecule has 1 spiro atoms. The fourth-order valence-corrected chi connectivity index (χ4v) is 4.77. The fourth-order valence-electron chi connectivity index (χ4n) is 3.15. The summed E-state index contributed by atoms with van der Waals surface area (Å²) < 4.78 is 0. The zero-order valence-electron chi connectivity index (χ0n) is 10.4. The highest BCUT2D eigenvalue weighted by atomic mass is 32.2. The minimum absolute atomic E-state index is 0.586. The van der Waals surface area contributed by atoms with E-state index in [1.165, 1.54) is 43.9 Å². The van der Waals surface area contributed by atoms with Crippen molar-refractivity contribution in [1.82, 2.24) is 5.32 Å². The number of hydrogen-bond donors (Lipinski definition) is 1. The molecular formula is C13H25NS. The van der Waals surface area contributed by atoms with Gasteiger partial charge < -0.3 is 5.32 Å². The standard InChI is InChI=1S/C13H25NS/c1-4-5-14-7-11-6-13(11)8-12(2,3)9-15-10-13/h11,14H,4-10H2,1-3H3. The zero-order chi connectivity index (χ0) is 10.9. The predicted molar refractivity (Wildman–Crippen MR) is 69.4 cm³/mol. The molecule has 0 radical (unpaired) electrons. The van der Waals surface area contributed by atoms with Crippen molar-refractivity contribution in [3.8, 4) is 0 Å². The van der Waals surface area contributed by atoms with Crippen LogP contribution in [-0.2, 0) is 0 Å². The second-order valence-corrected chi connectivity index (χ2v) is 7.29. The summed E-state index contributed by atoms with van der Waals surface area (Å²) in [4.78, 5) is 0. The van der Waals surface area contributed by atoms with Crippen molar-refractivity contribution in [1.29, 1.82) is 0 Å². The molecule has 2 rings (SSSR count). The van der Waals surface area contributed by atoms with E-state index in [4.69, 9.17) is 0 Å². The van der Waals surface area contributed by atoms with Crippen molar-refractivity contribution in [3.63, 3.8) is 0 Å². The molecule has 2 fully saturated rings. The van der Waals surface area contributed by atoms with Crippen LogP contribution in [0.4, 0.5) is 0 Å². The summed E-state index contributed by atoms with van der Waals surface area (Å²) in [7, 11) is 0. The largest absolute Gasteiger partial charge is 0.316 e. The Hall–Kier alpha value is 0.310. The lowest BCUT2D eigenvalue weighted by molar-refractivity contribution is 0.272. The van der Waals surface area contributed by atoms with Crippen molar-refractivity contribution in [3.05, 3.63) is 0 Å². The first kappa shape index (κ1) is 11.8. The monoisotopic (exact) mass is 227 g/mol. The van der Waals surface area contributed by atoms with Gasteiger partial charge in [0.2, 0.25) is 0 Å². The third-order valence-electron chi connectivity index (χ3n) is 3.89. The van der Waals surface area contributed by atoms with E-state index in [2.05, 4.69) is 37.8 Å². The lowest BCUT2D eigenvalue weighted by Crippen LogP contribution is -2.31. The molecule has 1 N–H and O–H groups in total. The predicted octanol–water partition coefficient (Wildman–Crippen LogP) is 3.16. The Labute approximate surface area is 98.8 Å². The summed E-state index contributed by atoms with van der Waals surface area (Å²) in [5.74, 6) is 3.77. The van der Waals surface area contributed by atoms with E-state index in [0.29, 0.717) is 5.41 Å². The van der Waals surface area contributed by atoms with Gasteiger partial charge >= 0.3 is 0 Å². The van der Waals surface area contributed by atoms with Crippen molar-refractivity contribution in [2.24, 2.45) is 16.7 Å². The Bertz CT molecular complexity index is 227. The van der Waals surface area contributed by atoms with Crippen LogP contribution in [0.5, 0.6) is 0 Å². The van der Waals surface area contributed by atoms with Crippen molar-refractivity contribution < 1.29 is 0 Å². The Morgan fingerprint density at radius 2 is 2.13 bits per heavy atom.